The van der Waals surface area contributed by atoms with Crippen LogP contribution in [0.4, 0.5) is 10.2 Å². The molecular formula is C19H22FN3O2. The molecule has 0 N–H and O–H groups in total. The monoisotopic (exact) mass is 343 g/mol. The zero-order valence-corrected chi connectivity index (χ0v) is 14.4. The number of carbonyl (C=O) groups excluding carboxylic acids is 1. The lowest BCUT2D eigenvalue weighted by molar-refractivity contribution is -0.143. The number of carbonyl (C=O) groups is 1. The van der Waals surface area contributed by atoms with Crippen molar-refractivity contribution in [1.82, 2.24) is 9.88 Å². The number of morpholine rings is 1. The number of halogens is 1. The Morgan fingerprint density at radius 3 is 2.72 bits per heavy atom. The minimum atomic E-state index is -0.565. The van der Waals surface area contributed by atoms with Crippen LogP contribution in [-0.2, 0) is 16.1 Å². The van der Waals surface area contributed by atoms with Gasteiger partial charge in [-0.05, 0) is 24.6 Å². The number of ether oxygens (including phenoxy) is 1. The van der Waals surface area contributed by atoms with E-state index in [0.29, 0.717) is 12.4 Å². The summed E-state index contributed by atoms with van der Waals surface area (Å²) in [5.41, 5.74) is 1.20. The SMILES string of the molecule is C[C@@H]1CN(Cc2ccccc2)C[C@H](C(=O)N(C)c2ccc(F)cn2)O1. The van der Waals surface area contributed by atoms with Gasteiger partial charge in [-0.2, -0.15) is 0 Å². The molecule has 0 bridgehead atoms. The Kier molecular flexibility index (Phi) is 5.40. The maximum atomic E-state index is 13.0. The van der Waals surface area contributed by atoms with Crippen molar-refractivity contribution < 1.29 is 13.9 Å². The van der Waals surface area contributed by atoms with Crippen molar-refractivity contribution in [2.24, 2.45) is 0 Å². The molecule has 25 heavy (non-hydrogen) atoms. The Labute approximate surface area is 147 Å². The van der Waals surface area contributed by atoms with Crippen LogP contribution in [0.3, 0.4) is 0 Å². The zero-order chi connectivity index (χ0) is 17.8. The molecule has 2 aromatic rings. The summed E-state index contributed by atoms with van der Waals surface area (Å²) in [6.45, 7) is 4.03. The van der Waals surface area contributed by atoms with Gasteiger partial charge in [0.25, 0.3) is 5.91 Å². The first-order chi connectivity index (χ1) is 12.0. The lowest BCUT2D eigenvalue weighted by atomic mass is 10.1. The molecule has 0 saturated carbocycles. The summed E-state index contributed by atoms with van der Waals surface area (Å²) in [5.74, 6) is -0.201. The number of hydrogen-bond acceptors (Lipinski definition) is 4. The molecule has 1 aromatic carbocycles. The molecule has 2 atom stereocenters. The Bertz CT molecular complexity index is 708. The highest BCUT2D eigenvalue weighted by Gasteiger charge is 2.32. The third kappa shape index (κ3) is 4.41. The van der Waals surface area contributed by atoms with E-state index in [1.165, 1.54) is 22.6 Å². The molecule has 1 aliphatic heterocycles. The van der Waals surface area contributed by atoms with Crippen molar-refractivity contribution in [2.45, 2.75) is 25.7 Å². The maximum absolute atomic E-state index is 13.0. The highest BCUT2D eigenvalue weighted by molar-refractivity contribution is 5.95. The van der Waals surface area contributed by atoms with E-state index in [1.54, 1.807) is 7.05 Å². The van der Waals surface area contributed by atoms with Gasteiger partial charge >= 0.3 is 0 Å². The molecule has 0 radical (unpaired) electrons. The van der Waals surface area contributed by atoms with Crippen LogP contribution in [-0.4, -0.2) is 48.1 Å². The lowest BCUT2D eigenvalue weighted by Gasteiger charge is -2.37. The van der Waals surface area contributed by atoms with Gasteiger partial charge in [-0.25, -0.2) is 9.37 Å². The van der Waals surface area contributed by atoms with Crippen molar-refractivity contribution in [1.29, 1.82) is 0 Å². The van der Waals surface area contributed by atoms with Crippen molar-refractivity contribution in [2.75, 3.05) is 25.0 Å². The Hall–Kier alpha value is -2.31. The van der Waals surface area contributed by atoms with Crippen LogP contribution >= 0.6 is 0 Å². The highest BCUT2D eigenvalue weighted by atomic mass is 19.1. The fourth-order valence-electron chi connectivity index (χ4n) is 3.04. The number of rotatable bonds is 4. The van der Waals surface area contributed by atoms with E-state index in [-0.39, 0.29) is 12.0 Å². The summed E-state index contributed by atoms with van der Waals surface area (Å²) in [6, 6.07) is 12.9. The molecule has 2 heterocycles. The van der Waals surface area contributed by atoms with E-state index in [2.05, 4.69) is 22.0 Å². The van der Waals surface area contributed by atoms with E-state index in [1.807, 2.05) is 25.1 Å². The van der Waals surface area contributed by atoms with Crippen LogP contribution in [0.2, 0.25) is 0 Å². The molecule has 5 nitrogen and oxygen atoms in total. The minimum Gasteiger partial charge on any atom is -0.363 e. The highest BCUT2D eigenvalue weighted by Crippen LogP contribution is 2.18. The normalized spacial score (nSPS) is 21.1. The minimum absolute atomic E-state index is 0.0408. The number of aromatic nitrogens is 1. The van der Waals surface area contributed by atoms with E-state index >= 15 is 0 Å². The fraction of sp³-hybridized carbons (Fsp3) is 0.368. The molecule has 1 saturated heterocycles. The molecule has 0 unspecified atom stereocenters. The quantitative estimate of drug-likeness (QED) is 0.856. The first kappa shape index (κ1) is 17.5. The Morgan fingerprint density at radius 1 is 1.28 bits per heavy atom. The number of likely N-dealkylation sites (N-methyl/N-ethyl adjacent to an activating group) is 1. The number of hydrogen-bond donors (Lipinski definition) is 0. The van der Waals surface area contributed by atoms with Gasteiger partial charge in [0.15, 0.2) is 0 Å². The average molecular weight is 343 g/mol. The van der Waals surface area contributed by atoms with E-state index in [9.17, 15) is 9.18 Å². The van der Waals surface area contributed by atoms with E-state index in [0.717, 1.165) is 19.3 Å². The van der Waals surface area contributed by atoms with Gasteiger partial charge in [0.2, 0.25) is 0 Å². The smallest absolute Gasteiger partial charge is 0.258 e. The zero-order valence-electron chi connectivity index (χ0n) is 14.4. The summed E-state index contributed by atoms with van der Waals surface area (Å²) in [7, 11) is 1.63. The summed E-state index contributed by atoms with van der Waals surface area (Å²) >= 11 is 0. The lowest BCUT2D eigenvalue weighted by Crippen LogP contribution is -2.52. The van der Waals surface area contributed by atoms with Crippen LogP contribution in [0.25, 0.3) is 0 Å². The molecule has 1 amide bonds. The summed E-state index contributed by atoms with van der Waals surface area (Å²) < 4.78 is 18.9. The van der Waals surface area contributed by atoms with Crippen molar-refractivity contribution in [3.63, 3.8) is 0 Å². The summed E-state index contributed by atoms with van der Waals surface area (Å²) in [5, 5.41) is 0. The molecule has 1 fully saturated rings. The summed E-state index contributed by atoms with van der Waals surface area (Å²) in [4.78, 5) is 20.4. The van der Waals surface area contributed by atoms with Crippen molar-refractivity contribution in [3.05, 3.63) is 60.0 Å². The predicted molar refractivity (Wildman–Crippen MR) is 93.7 cm³/mol. The van der Waals surface area contributed by atoms with Crippen LogP contribution in [0, 0.1) is 5.82 Å². The topological polar surface area (TPSA) is 45.7 Å². The largest absolute Gasteiger partial charge is 0.363 e. The second-order valence-electron chi connectivity index (χ2n) is 6.35. The molecule has 3 rings (SSSR count). The van der Waals surface area contributed by atoms with Gasteiger partial charge in [0.1, 0.15) is 17.7 Å². The third-order valence-corrected chi connectivity index (χ3v) is 4.25. The maximum Gasteiger partial charge on any atom is 0.258 e. The van der Waals surface area contributed by atoms with Gasteiger partial charge in [0.05, 0.1) is 12.3 Å². The first-order valence-corrected chi connectivity index (χ1v) is 8.34. The standard InChI is InChI=1S/C19H22FN3O2/c1-14-11-23(12-15-6-4-3-5-7-15)13-17(25-14)19(24)22(2)18-9-8-16(20)10-21-18/h3-10,14,17H,11-13H2,1-2H3/t14-,17-/m1/s1. The number of amides is 1. The number of benzene rings is 1. The van der Waals surface area contributed by atoms with Crippen LogP contribution in [0.5, 0.6) is 0 Å². The van der Waals surface area contributed by atoms with Crippen LogP contribution < -0.4 is 4.90 Å². The summed E-state index contributed by atoms with van der Waals surface area (Å²) in [6.07, 6.45) is 0.496. The van der Waals surface area contributed by atoms with Crippen molar-refractivity contribution >= 4 is 11.7 Å². The van der Waals surface area contributed by atoms with Crippen molar-refractivity contribution in [3.8, 4) is 0 Å². The van der Waals surface area contributed by atoms with Crippen LogP contribution in [0.1, 0.15) is 12.5 Å². The van der Waals surface area contributed by atoms with Gasteiger partial charge in [0, 0.05) is 26.7 Å². The Morgan fingerprint density at radius 2 is 2.04 bits per heavy atom. The number of nitrogens with zero attached hydrogens (tertiary/aromatic N) is 3. The van der Waals surface area contributed by atoms with Crippen LogP contribution in [0.15, 0.2) is 48.7 Å². The third-order valence-electron chi connectivity index (χ3n) is 4.25. The Balaban J connectivity index is 1.68. The fourth-order valence-corrected chi connectivity index (χ4v) is 3.04. The van der Waals surface area contributed by atoms with Gasteiger partial charge < -0.3 is 4.74 Å². The molecule has 0 spiro atoms. The molecule has 6 heteroatoms. The molecular weight excluding hydrogens is 321 g/mol. The van der Waals surface area contributed by atoms with E-state index in [4.69, 9.17) is 4.74 Å². The number of anilines is 1. The molecule has 1 aromatic heterocycles. The second kappa shape index (κ2) is 7.72. The second-order valence-corrected chi connectivity index (χ2v) is 6.35. The van der Waals surface area contributed by atoms with E-state index < -0.39 is 11.9 Å². The first-order valence-electron chi connectivity index (χ1n) is 8.34. The predicted octanol–water partition coefficient (Wildman–Crippen LogP) is 2.47. The van der Waals surface area contributed by atoms with Gasteiger partial charge in [-0.3, -0.25) is 14.6 Å². The molecule has 132 valence electrons. The molecule has 1 aliphatic rings. The number of pyridine rings is 1. The van der Waals surface area contributed by atoms with Gasteiger partial charge in [-0.1, -0.05) is 30.3 Å². The average Bonchev–Trinajstić information content (AvgIpc) is 2.61. The van der Waals surface area contributed by atoms with Gasteiger partial charge in [-0.15, -0.1) is 0 Å². The molecule has 0 aliphatic carbocycles.